The molecular weight excluding hydrogens is 1020 g/mol. The topological polar surface area (TPSA) is 78.9 Å². The Balaban J connectivity index is 4.08. The summed E-state index contributed by atoms with van der Waals surface area (Å²) in [4.78, 5) is 38.4. The minimum Gasteiger partial charge on any atom is -0.462 e. The Labute approximate surface area is 518 Å². The van der Waals surface area contributed by atoms with E-state index in [-0.39, 0.29) is 31.1 Å². The van der Waals surface area contributed by atoms with Crippen molar-refractivity contribution in [2.75, 3.05) is 13.2 Å². The van der Waals surface area contributed by atoms with E-state index in [9.17, 15) is 14.4 Å². The van der Waals surface area contributed by atoms with Crippen LogP contribution in [-0.2, 0) is 28.6 Å². The largest absolute Gasteiger partial charge is 0.462 e. The minimum atomic E-state index is -0.777. The van der Waals surface area contributed by atoms with Gasteiger partial charge in [0.1, 0.15) is 13.2 Å². The molecule has 0 aromatic carbocycles. The lowest BCUT2D eigenvalue weighted by Gasteiger charge is -2.18. The fourth-order valence-corrected chi connectivity index (χ4v) is 11.5. The van der Waals surface area contributed by atoms with E-state index in [1.807, 2.05) is 0 Å². The zero-order valence-electron chi connectivity index (χ0n) is 56.2. The maximum absolute atomic E-state index is 12.9. The predicted octanol–water partition coefficient (Wildman–Crippen LogP) is 25.9. The Kier molecular flexibility index (Phi) is 70.0. The van der Waals surface area contributed by atoms with E-state index in [0.29, 0.717) is 19.3 Å². The molecule has 0 N–H and O–H groups in total. The summed E-state index contributed by atoms with van der Waals surface area (Å²) in [5.74, 6) is -0.860. The summed E-state index contributed by atoms with van der Waals surface area (Å²) in [5, 5.41) is 0. The van der Waals surface area contributed by atoms with Crippen LogP contribution < -0.4 is 0 Å². The first kappa shape index (κ1) is 80.6. The van der Waals surface area contributed by atoms with Gasteiger partial charge in [0.15, 0.2) is 6.10 Å². The maximum Gasteiger partial charge on any atom is 0.306 e. The smallest absolute Gasteiger partial charge is 0.306 e. The van der Waals surface area contributed by atoms with Gasteiger partial charge in [0.2, 0.25) is 0 Å². The molecule has 0 rings (SSSR count). The van der Waals surface area contributed by atoms with Crippen molar-refractivity contribution < 1.29 is 28.6 Å². The number of carbonyl (C=O) groups is 3. The zero-order chi connectivity index (χ0) is 59.9. The van der Waals surface area contributed by atoms with Crippen molar-refractivity contribution in [1.29, 1.82) is 0 Å². The van der Waals surface area contributed by atoms with Crippen LogP contribution in [0.3, 0.4) is 0 Å². The Bertz CT molecular complexity index is 1380. The maximum atomic E-state index is 12.9. The standard InChI is InChI=1S/C77H144O6/c1-4-7-10-13-16-19-22-24-26-28-30-32-33-34-35-36-37-38-39-40-41-42-43-45-46-48-50-52-55-58-61-64-67-70-76(79)82-73-74(72-81-75(78)69-66-63-60-57-54-21-18-15-12-9-6-3)83-77(80)71-68-65-62-59-56-53-51-49-47-44-31-29-27-25-23-20-17-14-11-8-5-2/h15,18,23,25,29,31,74H,4-14,16-17,19-22,24,26-28,30,32-73H2,1-3H3/b18-15-,25-23-,31-29-. The fourth-order valence-electron chi connectivity index (χ4n) is 11.5. The number of hydrogen-bond donors (Lipinski definition) is 0. The summed E-state index contributed by atoms with van der Waals surface area (Å²) < 4.78 is 17.0. The molecule has 6 nitrogen and oxygen atoms in total. The molecule has 1 unspecified atom stereocenters. The van der Waals surface area contributed by atoms with Gasteiger partial charge < -0.3 is 14.2 Å². The molecule has 488 valence electrons. The van der Waals surface area contributed by atoms with E-state index in [1.54, 1.807) is 0 Å². The van der Waals surface area contributed by atoms with Crippen molar-refractivity contribution in [2.24, 2.45) is 0 Å². The number of esters is 3. The molecule has 0 aromatic rings. The molecule has 0 aliphatic carbocycles. The summed E-state index contributed by atoms with van der Waals surface area (Å²) in [6.07, 6.45) is 90.7. The third kappa shape index (κ3) is 70.3. The molecule has 0 aromatic heterocycles. The first-order valence-corrected chi connectivity index (χ1v) is 37.5. The number of allylic oxidation sites excluding steroid dienone is 6. The lowest BCUT2D eigenvalue weighted by Crippen LogP contribution is -2.30. The van der Waals surface area contributed by atoms with Crippen LogP contribution in [0.4, 0.5) is 0 Å². The summed E-state index contributed by atoms with van der Waals surface area (Å²) in [6.45, 7) is 6.65. The van der Waals surface area contributed by atoms with Crippen molar-refractivity contribution in [1.82, 2.24) is 0 Å². The minimum absolute atomic E-state index is 0.0721. The molecular formula is C77H144O6. The second-order valence-corrected chi connectivity index (χ2v) is 25.6. The van der Waals surface area contributed by atoms with Crippen LogP contribution in [0.2, 0.25) is 0 Å². The summed E-state index contributed by atoms with van der Waals surface area (Å²) in [5.41, 5.74) is 0. The lowest BCUT2D eigenvalue weighted by molar-refractivity contribution is -0.167. The lowest BCUT2D eigenvalue weighted by atomic mass is 10.0. The van der Waals surface area contributed by atoms with Gasteiger partial charge in [-0.1, -0.05) is 365 Å². The average molecular weight is 1170 g/mol. The van der Waals surface area contributed by atoms with Gasteiger partial charge in [0, 0.05) is 19.3 Å². The number of carbonyl (C=O) groups excluding carboxylic acids is 3. The Morgan fingerprint density at radius 2 is 0.446 bits per heavy atom. The van der Waals surface area contributed by atoms with Gasteiger partial charge in [-0.2, -0.15) is 0 Å². The molecule has 0 spiro atoms. The van der Waals surface area contributed by atoms with E-state index in [1.165, 1.54) is 308 Å². The monoisotopic (exact) mass is 1170 g/mol. The molecule has 0 aliphatic rings. The molecule has 0 heterocycles. The molecule has 0 saturated carbocycles. The van der Waals surface area contributed by atoms with Crippen molar-refractivity contribution in [3.05, 3.63) is 36.5 Å². The van der Waals surface area contributed by atoms with Gasteiger partial charge in [0.25, 0.3) is 0 Å². The fraction of sp³-hybridized carbons (Fsp3) is 0.883. The van der Waals surface area contributed by atoms with Gasteiger partial charge in [-0.25, -0.2) is 0 Å². The van der Waals surface area contributed by atoms with E-state index >= 15 is 0 Å². The normalized spacial score (nSPS) is 12.2. The molecule has 6 heteroatoms. The van der Waals surface area contributed by atoms with Crippen LogP contribution in [0.15, 0.2) is 36.5 Å². The number of unbranched alkanes of at least 4 members (excludes halogenated alkanes) is 53. The van der Waals surface area contributed by atoms with Crippen LogP contribution in [-0.4, -0.2) is 37.2 Å². The Morgan fingerprint density at radius 1 is 0.241 bits per heavy atom. The highest BCUT2D eigenvalue weighted by Gasteiger charge is 2.20. The number of hydrogen-bond acceptors (Lipinski definition) is 6. The highest BCUT2D eigenvalue weighted by Crippen LogP contribution is 2.19. The second-order valence-electron chi connectivity index (χ2n) is 25.6. The number of ether oxygens (including phenoxy) is 3. The van der Waals surface area contributed by atoms with Crippen molar-refractivity contribution >= 4 is 17.9 Å². The third-order valence-corrected chi connectivity index (χ3v) is 17.1. The first-order valence-electron chi connectivity index (χ1n) is 37.5. The number of rotatable bonds is 70. The van der Waals surface area contributed by atoms with Gasteiger partial charge in [-0.15, -0.1) is 0 Å². The van der Waals surface area contributed by atoms with E-state index in [4.69, 9.17) is 14.2 Å². The van der Waals surface area contributed by atoms with E-state index in [0.717, 1.165) is 70.6 Å². The van der Waals surface area contributed by atoms with Gasteiger partial charge >= 0.3 is 17.9 Å². The van der Waals surface area contributed by atoms with Crippen molar-refractivity contribution in [3.63, 3.8) is 0 Å². The summed E-state index contributed by atoms with van der Waals surface area (Å²) >= 11 is 0. The highest BCUT2D eigenvalue weighted by molar-refractivity contribution is 5.71. The second kappa shape index (κ2) is 72.1. The highest BCUT2D eigenvalue weighted by atomic mass is 16.6. The molecule has 0 amide bonds. The molecule has 83 heavy (non-hydrogen) atoms. The Hall–Kier alpha value is -2.37. The quantitative estimate of drug-likeness (QED) is 0.0261. The van der Waals surface area contributed by atoms with Crippen molar-refractivity contribution in [3.8, 4) is 0 Å². The predicted molar refractivity (Wildman–Crippen MR) is 362 cm³/mol. The van der Waals surface area contributed by atoms with Gasteiger partial charge in [-0.3, -0.25) is 14.4 Å². The molecule has 1 atom stereocenters. The zero-order valence-corrected chi connectivity index (χ0v) is 56.2. The molecule has 0 bridgehead atoms. The first-order chi connectivity index (χ1) is 41.0. The van der Waals surface area contributed by atoms with Crippen LogP contribution >= 0.6 is 0 Å². The molecule has 0 fully saturated rings. The SMILES string of the molecule is CCCC/C=C\CCCCCCCC(=O)OCC(COC(=O)CCCCCCCCCCCCCCCCCCCCCCCCCCCCCCCCCCC)OC(=O)CCCCCCCCCCC/C=C\C/C=C\CCCCCCC. The van der Waals surface area contributed by atoms with Crippen LogP contribution in [0.25, 0.3) is 0 Å². The van der Waals surface area contributed by atoms with E-state index < -0.39 is 6.10 Å². The third-order valence-electron chi connectivity index (χ3n) is 17.1. The van der Waals surface area contributed by atoms with Crippen LogP contribution in [0.5, 0.6) is 0 Å². The van der Waals surface area contributed by atoms with Crippen molar-refractivity contribution in [2.45, 2.75) is 425 Å². The van der Waals surface area contributed by atoms with Gasteiger partial charge in [0.05, 0.1) is 0 Å². The van der Waals surface area contributed by atoms with Gasteiger partial charge in [-0.05, 0) is 70.6 Å². The molecule has 0 radical (unpaired) electrons. The molecule has 0 saturated heterocycles. The van der Waals surface area contributed by atoms with Crippen LogP contribution in [0.1, 0.15) is 419 Å². The average Bonchev–Trinajstić information content (AvgIpc) is 3.48. The summed E-state index contributed by atoms with van der Waals surface area (Å²) in [6, 6.07) is 0. The summed E-state index contributed by atoms with van der Waals surface area (Å²) in [7, 11) is 0. The van der Waals surface area contributed by atoms with E-state index in [2.05, 4.69) is 57.2 Å². The Morgan fingerprint density at radius 3 is 0.711 bits per heavy atom. The van der Waals surface area contributed by atoms with Crippen LogP contribution in [0, 0.1) is 0 Å². The molecule has 0 aliphatic heterocycles.